The molecule has 1 atom stereocenters. The molecule has 27 heavy (non-hydrogen) atoms. The summed E-state index contributed by atoms with van der Waals surface area (Å²) in [6.45, 7) is 12.4. The quantitative estimate of drug-likeness (QED) is 0.506. The van der Waals surface area contributed by atoms with Crippen LogP contribution in [0.15, 0.2) is 18.2 Å². The molecule has 1 aliphatic carbocycles. The Morgan fingerprint density at radius 2 is 1.67 bits per heavy atom. The van der Waals surface area contributed by atoms with Crippen molar-refractivity contribution in [2.75, 3.05) is 44.7 Å². The molecule has 1 unspecified atom stereocenters. The molecule has 2 heterocycles. The highest BCUT2D eigenvalue weighted by atomic mass is 32.2. The summed E-state index contributed by atoms with van der Waals surface area (Å²) in [5, 5.41) is 11.2. The van der Waals surface area contributed by atoms with Crippen LogP contribution in [0.2, 0.25) is 0 Å². The lowest BCUT2D eigenvalue weighted by atomic mass is 10.1. The second kappa shape index (κ2) is 10.1. The molecule has 2 aliphatic heterocycles. The van der Waals surface area contributed by atoms with Crippen molar-refractivity contribution < 1.29 is 4.92 Å². The number of hydrogen-bond donors (Lipinski definition) is 0. The fourth-order valence-corrected chi connectivity index (χ4v) is 7.32. The van der Waals surface area contributed by atoms with E-state index < -0.39 is 0 Å². The number of nitro benzene ring substituents is 1. The lowest BCUT2D eigenvalue weighted by molar-refractivity contribution is -0.384. The summed E-state index contributed by atoms with van der Waals surface area (Å²) in [7, 11) is 2.17. The van der Waals surface area contributed by atoms with Crippen LogP contribution in [0.3, 0.4) is 0 Å². The summed E-state index contributed by atoms with van der Waals surface area (Å²) in [5.74, 6) is 2.28. The van der Waals surface area contributed by atoms with Crippen LogP contribution in [0.4, 0.5) is 5.69 Å². The number of hydrogen-bond acceptors (Lipinski definition) is 6. The van der Waals surface area contributed by atoms with Gasteiger partial charge in [0.2, 0.25) is 0 Å². The molecule has 0 N–H and O–H groups in total. The molecular weight excluding hydrogens is 378 g/mol. The average Bonchev–Trinajstić information content (AvgIpc) is 3.31. The van der Waals surface area contributed by atoms with E-state index in [0.717, 1.165) is 44.1 Å². The van der Waals surface area contributed by atoms with Crippen molar-refractivity contribution in [3.8, 4) is 0 Å². The normalized spacial score (nSPS) is 23.8. The van der Waals surface area contributed by atoms with Gasteiger partial charge in [0.15, 0.2) is 0 Å². The molecule has 2 saturated heterocycles. The van der Waals surface area contributed by atoms with Crippen molar-refractivity contribution in [1.29, 1.82) is 0 Å². The van der Waals surface area contributed by atoms with Gasteiger partial charge in [0.05, 0.1) is 9.00 Å². The number of rotatable bonds is 2. The number of fused-ring (bicyclic) bond motifs is 2. The predicted octanol–water partition coefficient (Wildman–Crippen LogP) is 4.97. The van der Waals surface area contributed by atoms with Crippen LogP contribution in [0.1, 0.15) is 51.3 Å². The Hall–Kier alpha value is -0.760. The van der Waals surface area contributed by atoms with Gasteiger partial charge in [-0.2, -0.15) is 0 Å². The van der Waals surface area contributed by atoms with Crippen molar-refractivity contribution in [2.24, 2.45) is 0 Å². The zero-order chi connectivity index (χ0) is 20.0. The van der Waals surface area contributed by atoms with Crippen LogP contribution in [-0.2, 0) is 4.08 Å². The molecule has 1 aromatic rings. The fraction of sp³-hybridized carbons (Fsp3) is 0.700. The van der Waals surface area contributed by atoms with Gasteiger partial charge in [-0.05, 0) is 24.6 Å². The Labute approximate surface area is 172 Å². The Morgan fingerprint density at radius 3 is 2.22 bits per heavy atom. The van der Waals surface area contributed by atoms with Crippen LogP contribution in [0, 0.1) is 10.1 Å². The third-order valence-corrected chi connectivity index (χ3v) is 8.70. The highest BCUT2D eigenvalue weighted by molar-refractivity contribution is 8.20. The molecule has 1 aromatic carbocycles. The van der Waals surface area contributed by atoms with Crippen molar-refractivity contribution in [3.05, 3.63) is 39.4 Å². The van der Waals surface area contributed by atoms with Crippen molar-refractivity contribution in [1.82, 2.24) is 9.80 Å². The zero-order valence-electron chi connectivity index (χ0n) is 17.2. The topological polar surface area (TPSA) is 49.6 Å². The number of piperazine rings is 1. The van der Waals surface area contributed by atoms with E-state index in [2.05, 4.69) is 16.8 Å². The van der Waals surface area contributed by atoms with E-state index in [4.69, 9.17) is 0 Å². The summed E-state index contributed by atoms with van der Waals surface area (Å²) < 4.78 is 0.0371. The van der Waals surface area contributed by atoms with Crippen LogP contribution in [-0.4, -0.2) is 59.5 Å². The van der Waals surface area contributed by atoms with E-state index in [1.165, 1.54) is 11.1 Å². The van der Waals surface area contributed by atoms with Crippen molar-refractivity contribution >= 4 is 29.2 Å². The summed E-state index contributed by atoms with van der Waals surface area (Å²) in [5.41, 5.74) is 2.76. The molecule has 0 bridgehead atoms. The minimum absolute atomic E-state index is 0.0371. The number of likely N-dealkylation sites (N-methyl/N-ethyl adjacent to an activating group) is 1. The maximum atomic E-state index is 11.2. The minimum atomic E-state index is -0.262. The van der Waals surface area contributed by atoms with E-state index in [9.17, 15) is 10.1 Å². The molecule has 4 rings (SSSR count). The molecule has 0 amide bonds. The maximum absolute atomic E-state index is 11.2. The number of benzene rings is 1. The Morgan fingerprint density at radius 1 is 1.07 bits per heavy atom. The van der Waals surface area contributed by atoms with Gasteiger partial charge in [-0.3, -0.25) is 15.0 Å². The molecule has 152 valence electrons. The minimum Gasteiger partial charge on any atom is -0.304 e. The highest BCUT2D eigenvalue weighted by Crippen LogP contribution is 2.63. The van der Waals surface area contributed by atoms with Gasteiger partial charge >= 0.3 is 0 Å². The Balaban J connectivity index is 0.000000614. The SMILES string of the molecule is CC.CC.CN1CCN(C2CC3(SCCS3)c3cc([N+](=O)[O-])ccc32)CC1. The molecule has 2 fully saturated rings. The average molecular weight is 412 g/mol. The van der Waals surface area contributed by atoms with Gasteiger partial charge in [0.25, 0.3) is 5.69 Å². The standard InChI is InChI=1S/C16H21N3O2S2.2C2H6/c1-17-4-6-18(7-5-17)15-11-16(22-8-9-23-16)14-10-12(19(20)21)2-3-13(14)15;2*1-2/h2-3,10,15H,4-9,11H2,1H3;2*1-2H3. The molecule has 3 aliphatic rings. The maximum Gasteiger partial charge on any atom is 0.269 e. The first-order valence-corrected chi connectivity index (χ1v) is 12.1. The van der Waals surface area contributed by atoms with Gasteiger partial charge in [-0.25, -0.2) is 0 Å². The van der Waals surface area contributed by atoms with Gasteiger partial charge in [-0.1, -0.05) is 33.8 Å². The first-order chi connectivity index (χ1) is 13.1. The third kappa shape index (κ3) is 4.63. The molecule has 0 radical (unpaired) electrons. The Bertz CT molecular complexity index is 628. The third-order valence-electron chi connectivity index (χ3n) is 5.21. The molecular formula is C20H33N3O2S2. The molecule has 7 heteroatoms. The van der Waals surface area contributed by atoms with E-state index >= 15 is 0 Å². The van der Waals surface area contributed by atoms with Crippen LogP contribution < -0.4 is 0 Å². The number of nitrogens with zero attached hydrogens (tertiary/aromatic N) is 3. The lowest BCUT2D eigenvalue weighted by Crippen LogP contribution is -2.45. The molecule has 1 spiro atoms. The summed E-state index contributed by atoms with van der Waals surface area (Å²) in [6, 6.07) is 5.96. The van der Waals surface area contributed by atoms with E-state index in [1.54, 1.807) is 6.07 Å². The molecule has 0 aromatic heterocycles. The van der Waals surface area contributed by atoms with Gasteiger partial charge in [0.1, 0.15) is 0 Å². The highest BCUT2D eigenvalue weighted by Gasteiger charge is 2.49. The van der Waals surface area contributed by atoms with Crippen LogP contribution >= 0.6 is 23.5 Å². The lowest BCUT2D eigenvalue weighted by Gasteiger charge is -2.37. The molecule has 5 nitrogen and oxygen atoms in total. The van der Waals surface area contributed by atoms with Gasteiger partial charge < -0.3 is 4.90 Å². The second-order valence-electron chi connectivity index (χ2n) is 6.54. The number of non-ortho nitro benzene ring substituents is 1. The fourth-order valence-electron chi connectivity index (χ4n) is 3.94. The summed E-state index contributed by atoms with van der Waals surface area (Å²) in [4.78, 5) is 15.9. The second-order valence-corrected chi connectivity index (χ2v) is 9.58. The smallest absolute Gasteiger partial charge is 0.269 e. The van der Waals surface area contributed by atoms with Gasteiger partial charge in [-0.15, -0.1) is 23.5 Å². The van der Waals surface area contributed by atoms with Crippen molar-refractivity contribution in [2.45, 2.75) is 44.2 Å². The van der Waals surface area contributed by atoms with Crippen LogP contribution in [0.5, 0.6) is 0 Å². The summed E-state index contributed by atoms with van der Waals surface area (Å²) >= 11 is 3.97. The zero-order valence-corrected chi connectivity index (χ0v) is 18.9. The van der Waals surface area contributed by atoms with E-state index in [1.807, 2.05) is 63.4 Å². The predicted molar refractivity (Wildman–Crippen MR) is 119 cm³/mol. The monoisotopic (exact) mass is 411 g/mol. The first kappa shape index (κ1) is 22.5. The Kier molecular flexibility index (Phi) is 8.46. The largest absolute Gasteiger partial charge is 0.304 e. The van der Waals surface area contributed by atoms with E-state index in [-0.39, 0.29) is 14.7 Å². The first-order valence-electron chi connectivity index (χ1n) is 10.1. The van der Waals surface area contributed by atoms with Crippen LogP contribution in [0.25, 0.3) is 0 Å². The molecule has 0 saturated carbocycles. The van der Waals surface area contributed by atoms with E-state index in [0.29, 0.717) is 6.04 Å². The number of thioether (sulfide) groups is 2. The van der Waals surface area contributed by atoms with Crippen molar-refractivity contribution in [3.63, 3.8) is 0 Å². The number of nitro groups is 1. The summed E-state index contributed by atoms with van der Waals surface area (Å²) in [6.07, 6.45) is 1.09. The van der Waals surface area contributed by atoms with Gasteiger partial charge in [0, 0.05) is 55.9 Å².